The minimum atomic E-state index is -2.62. The molecule has 0 aliphatic heterocycles. The van der Waals surface area contributed by atoms with Gasteiger partial charge in [0.05, 0.1) is 24.6 Å². The van der Waals surface area contributed by atoms with E-state index in [1.54, 1.807) is 0 Å². The van der Waals surface area contributed by atoms with Gasteiger partial charge in [0.2, 0.25) is 0 Å². The first-order valence-electron chi connectivity index (χ1n) is 3.22. The van der Waals surface area contributed by atoms with Crippen LogP contribution in [0.3, 0.4) is 0 Å². The molecule has 1 aromatic heterocycles. The maximum atomic E-state index is 12.2. The number of nitrogens with two attached hydrogens (primary N) is 1. The molecular formula is C7H8F2N2O. The van der Waals surface area contributed by atoms with E-state index < -0.39 is 6.43 Å². The van der Waals surface area contributed by atoms with E-state index in [9.17, 15) is 8.78 Å². The topological polar surface area (TPSA) is 48.1 Å². The van der Waals surface area contributed by atoms with E-state index in [0.717, 1.165) is 6.20 Å². The normalized spacial score (nSPS) is 10.3. The molecule has 1 heterocycles. The van der Waals surface area contributed by atoms with Crippen molar-refractivity contribution < 1.29 is 13.5 Å². The van der Waals surface area contributed by atoms with Crippen molar-refractivity contribution in [3.8, 4) is 5.75 Å². The molecule has 1 rings (SSSR count). The third-order valence-corrected chi connectivity index (χ3v) is 1.44. The maximum Gasteiger partial charge on any atom is 0.267 e. The van der Waals surface area contributed by atoms with E-state index in [0.29, 0.717) is 0 Å². The summed E-state index contributed by atoms with van der Waals surface area (Å²) in [6.45, 7) is 0. The molecule has 0 amide bonds. The number of anilines is 1. The molecular weight excluding hydrogens is 166 g/mol. The van der Waals surface area contributed by atoms with E-state index in [1.807, 2.05) is 0 Å². The Morgan fingerprint density at radius 1 is 1.50 bits per heavy atom. The molecule has 0 unspecified atom stereocenters. The van der Waals surface area contributed by atoms with Crippen molar-refractivity contribution in [3.63, 3.8) is 0 Å². The number of rotatable bonds is 2. The van der Waals surface area contributed by atoms with Crippen molar-refractivity contribution in [2.24, 2.45) is 0 Å². The zero-order valence-corrected chi connectivity index (χ0v) is 6.42. The van der Waals surface area contributed by atoms with Crippen molar-refractivity contribution in [1.29, 1.82) is 0 Å². The molecule has 0 saturated carbocycles. The highest BCUT2D eigenvalue weighted by atomic mass is 19.3. The standard InChI is InChI=1S/C7H8F2N2O/c1-12-5-3-11-2-4(6(5)10)7(8)9/h2-3,7H,1H3,(H2,10,11). The van der Waals surface area contributed by atoms with E-state index in [2.05, 4.69) is 4.98 Å². The Morgan fingerprint density at radius 2 is 2.17 bits per heavy atom. The average Bonchev–Trinajstić information content (AvgIpc) is 2.04. The van der Waals surface area contributed by atoms with Crippen LogP contribution in [0.5, 0.6) is 5.75 Å². The number of ether oxygens (including phenoxy) is 1. The molecule has 66 valence electrons. The molecule has 0 saturated heterocycles. The van der Waals surface area contributed by atoms with Gasteiger partial charge in [-0.15, -0.1) is 0 Å². The Labute approximate surface area is 68.2 Å². The lowest BCUT2D eigenvalue weighted by atomic mass is 10.2. The fraction of sp³-hybridized carbons (Fsp3) is 0.286. The largest absolute Gasteiger partial charge is 0.493 e. The second-order valence-electron chi connectivity index (χ2n) is 2.15. The molecule has 0 radical (unpaired) electrons. The second kappa shape index (κ2) is 3.34. The summed E-state index contributed by atoms with van der Waals surface area (Å²) in [5, 5.41) is 0. The number of alkyl halides is 2. The van der Waals surface area contributed by atoms with Crippen LogP contribution in [0, 0.1) is 0 Å². The van der Waals surface area contributed by atoms with E-state index in [1.165, 1.54) is 13.3 Å². The van der Waals surface area contributed by atoms with Crippen LogP contribution in [-0.2, 0) is 0 Å². The lowest BCUT2D eigenvalue weighted by Gasteiger charge is -2.07. The van der Waals surface area contributed by atoms with Crippen LogP contribution in [0.4, 0.5) is 14.5 Å². The van der Waals surface area contributed by atoms with Crippen LogP contribution in [0.2, 0.25) is 0 Å². The van der Waals surface area contributed by atoms with Gasteiger partial charge in [-0.25, -0.2) is 8.78 Å². The molecule has 2 N–H and O–H groups in total. The predicted molar refractivity (Wildman–Crippen MR) is 40.2 cm³/mol. The van der Waals surface area contributed by atoms with Crippen LogP contribution in [-0.4, -0.2) is 12.1 Å². The van der Waals surface area contributed by atoms with Gasteiger partial charge in [0.15, 0.2) is 5.75 Å². The molecule has 0 aliphatic rings. The number of methoxy groups -OCH3 is 1. The predicted octanol–water partition coefficient (Wildman–Crippen LogP) is 1.61. The second-order valence-corrected chi connectivity index (χ2v) is 2.15. The lowest BCUT2D eigenvalue weighted by molar-refractivity contribution is 0.151. The molecule has 0 fully saturated rings. The van der Waals surface area contributed by atoms with Crippen LogP contribution in [0.25, 0.3) is 0 Å². The molecule has 0 aliphatic carbocycles. The van der Waals surface area contributed by atoms with Crippen molar-refractivity contribution in [1.82, 2.24) is 4.98 Å². The van der Waals surface area contributed by atoms with Gasteiger partial charge in [0.1, 0.15) is 0 Å². The molecule has 0 aromatic carbocycles. The summed E-state index contributed by atoms with van der Waals surface area (Å²) in [6, 6.07) is 0. The summed E-state index contributed by atoms with van der Waals surface area (Å²) in [6.07, 6.45) is -0.295. The zero-order chi connectivity index (χ0) is 9.14. The molecule has 0 bridgehead atoms. The number of hydrogen-bond acceptors (Lipinski definition) is 3. The first kappa shape index (κ1) is 8.70. The zero-order valence-electron chi connectivity index (χ0n) is 6.42. The average molecular weight is 174 g/mol. The quantitative estimate of drug-likeness (QED) is 0.740. The van der Waals surface area contributed by atoms with Crippen LogP contribution in [0.1, 0.15) is 12.0 Å². The molecule has 3 nitrogen and oxygen atoms in total. The van der Waals surface area contributed by atoms with Gasteiger partial charge >= 0.3 is 0 Å². The maximum absolute atomic E-state index is 12.2. The number of pyridine rings is 1. The first-order chi connectivity index (χ1) is 5.66. The van der Waals surface area contributed by atoms with Gasteiger partial charge < -0.3 is 10.5 Å². The highest BCUT2D eigenvalue weighted by molar-refractivity contribution is 5.56. The van der Waals surface area contributed by atoms with Crippen LogP contribution < -0.4 is 10.5 Å². The van der Waals surface area contributed by atoms with Crippen molar-refractivity contribution in [2.75, 3.05) is 12.8 Å². The number of hydrogen-bond donors (Lipinski definition) is 1. The highest BCUT2D eigenvalue weighted by Gasteiger charge is 2.14. The molecule has 0 spiro atoms. The summed E-state index contributed by atoms with van der Waals surface area (Å²) >= 11 is 0. The Hall–Kier alpha value is -1.39. The number of aromatic nitrogens is 1. The Bertz CT molecular complexity index is 278. The van der Waals surface area contributed by atoms with Crippen molar-refractivity contribution in [2.45, 2.75) is 6.43 Å². The first-order valence-corrected chi connectivity index (χ1v) is 3.22. The lowest BCUT2D eigenvalue weighted by Crippen LogP contribution is -1.99. The molecule has 12 heavy (non-hydrogen) atoms. The van der Waals surface area contributed by atoms with Gasteiger partial charge in [-0.2, -0.15) is 0 Å². The van der Waals surface area contributed by atoms with Gasteiger partial charge in [0, 0.05) is 6.20 Å². The minimum absolute atomic E-state index is 0.0532. The highest BCUT2D eigenvalue weighted by Crippen LogP contribution is 2.30. The Balaban J connectivity index is 3.14. The SMILES string of the molecule is COc1cncc(C(F)F)c1N. The Kier molecular flexibility index (Phi) is 2.42. The van der Waals surface area contributed by atoms with Gasteiger partial charge in [0.25, 0.3) is 6.43 Å². The summed E-state index contributed by atoms with van der Waals surface area (Å²) in [5.74, 6) is 0.174. The van der Waals surface area contributed by atoms with Gasteiger partial charge in [-0.3, -0.25) is 4.98 Å². The summed E-state index contributed by atoms with van der Waals surface area (Å²) in [5.41, 5.74) is 5.00. The fourth-order valence-electron chi connectivity index (χ4n) is 0.803. The third kappa shape index (κ3) is 1.44. The van der Waals surface area contributed by atoms with Crippen LogP contribution in [0.15, 0.2) is 12.4 Å². The smallest absolute Gasteiger partial charge is 0.267 e. The number of nitrogens with zero attached hydrogens (tertiary/aromatic N) is 1. The van der Waals surface area contributed by atoms with Gasteiger partial charge in [-0.1, -0.05) is 0 Å². The van der Waals surface area contributed by atoms with E-state index in [4.69, 9.17) is 10.5 Å². The summed E-state index contributed by atoms with van der Waals surface area (Å²) in [4.78, 5) is 3.55. The Morgan fingerprint density at radius 3 is 2.67 bits per heavy atom. The summed E-state index contributed by atoms with van der Waals surface area (Å²) in [7, 11) is 1.35. The third-order valence-electron chi connectivity index (χ3n) is 1.44. The summed E-state index contributed by atoms with van der Waals surface area (Å²) < 4.78 is 29.1. The number of halogens is 2. The fourth-order valence-corrected chi connectivity index (χ4v) is 0.803. The van der Waals surface area contributed by atoms with Gasteiger partial charge in [-0.05, 0) is 0 Å². The van der Waals surface area contributed by atoms with Crippen molar-refractivity contribution >= 4 is 5.69 Å². The molecule has 0 atom stereocenters. The van der Waals surface area contributed by atoms with Crippen molar-refractivity contribution in [3.05, 3.63) is 18.0 Å². The van der Waals surface area contributed by atoms with Crippen LogP contribution >= 0.6 is 0 Å². The molecule has 1 aromatic rings. The number of nitrogen functional groups attached to an aromatic ring is 1. The van der Waals surface area contributed by atoms with E-state index in [-0.39, 0.29) is 17.0 Å². The monoisotopic (exact) mass is 174 g/mol. The molecule has 5 heteroatoms. The van der Waals surface area contributed by atoms with E-state index >= 15 is 0 Å². The minimum Gasteiger partial charge on any atom is -0.493 e.